The molecule has 0 saturated carbocycles. The molecule has 3 aromatic carbocycles. The molecule has 4 nitrogen and oxygen atoms in total. The number of para-hydroxylation sites is 1. The highest BCUT2D eigenvalue weighted by atomic mass is 16.5. The lowest BCUT2D eigenvalue weighted by Crippen LogP contribution is -2.20. The number of aromatic nitrogens is 2. The van der Waals surface area contributed by atoms with Gasteiger partial charge in [-0.1, -0.05) is 66.7 Å². The van der Waals surface area contributed by atoms with E-state index in [4.69, 9.17) is 4.74 Å². The highest BCUT2D eigenvalue weighted by molar-refractivity contribution is 5.71. The topological polar surface area (TPSA) is 44.1 Å². The summed E-state index contributed by atoms with van der Waals surface area (Å²) in [5.74, 6) is 1.38. The van der Waals surface area contributed by atoms with Crippen molar-refractivity contribution in [2.75, 3.05) is 7.11 Å². The largest absolute Gasteiger partial charge is 0.497 e. The SMILES string of the molecule is COc1ccc(/C=C/c2nc(=O)c(-c3ccccc3)c(C)n2-c2ccccc2)cc1. The van der Waals surface area contributed by atoms with Crippen LogP contribution in [-0.4, -0.2) is 16.7 Å². The van der Waals surface area contributed by atoms with Gasteiger partial charge in [-0.25, -0.2) is 0 Å². The quantitative estimate of drug-likeness (QED) is 0.456. The van der Waals surface area contributed by atoms with E-state index in [-0.39, 0.29) is 5.56 Å². The molecule has 0 aliphatic rings. The van der Waals surface area contributed by atoms with Crippen LogP contribution in [0.1, 0.15) is 17.1 Å². The van der Waals surface area contributed by atoms with Crippen LogP contribution in [0.15, 0.2) is 89.7 Å². The monoisotopic (exact) mass is 394 g/mol. The van der Waals surface area contributed by atoms with Gasteiger partial charge in [0.25, 0.3) is 5.56 Å². The van der Waals surface area contributed by atoms with Gasteiger partial charge in [0.05, 0.1) is 12.7 Å². The van der Waals surface area contributed by atoms with Gasteiger partial charge in [0, 0.05) is 11.4 Å². The molecule has 1 heterocycles. The van der Waals surface area contributed by atoms with Crippen molar-refractivity contribution in [1.29, 1.82) is 0 Å². The van der Waals surface area contributed by atoms with Crippen molar-refractivity contribution in [2.24, 2.45) is 0 Å². The highest BCUT2D eigenvalue weighted by Gasteiger charge is 2.15. The van der Waals surface area contributed by atoms with Gasteiger partial charge in [0.2, 0.25) is 0 Å². The van der Waals surface area contributed by atoms with E-state index < -0.39 is 0 Å². The third-order valence-electron chi connectivity index (χ3n) is 4.97. The van der Waals surface area contributed by atoms with E-state index in [1.807, 2.05) is 109 Å². The smallest absolute Gasteiger partial charge is 0.281 e. The summed E-state index contributed by atoms with van der Waals surface area (Å²) >= 11 is 0. The Bertz CT molecular complexity index is 1230. The highest BCUT2D eigenvalue weighted by Crippen LogP contribution is 2.24. The summed E-state index contributed by atoms with van der Waals surface area (Å²) in [5.41, 5.74) is 4.04. The summed E-state index contributed by atoms with van der Waals surface area (Å²) in [6.45, 7) is 1.96. The maximum Gasteiger partial charge on any atom is 0.281 e. The second-order valence-corrected chi connectivity index (χ2v) is 6.88. The molecule has 0 spiro atoms. The summed E-state index contributed by atoms with van der Waals surface area (Å²) < 4.78 is 7.23. The number of ether oxygens (including phenoxy) is 1. The first-order valence-electron chi connectivity index (χ1n) is 9.74. The van der Waals surface area contributed by atoms with Crippen LogP contribution in [0.5, 0.6) is 5.75 Å². The Labute approximate surface area is 175 Å². The van der Waals surface area contributed by atoms with Crippen LogP contribution in [0.3, 0.4) is 0 Å². The fraction of sp³-hybridized carbons (Fsp3) is 0.0769. The van der Waals surface area contributed by atoms with Gasteiger partial charge in [0.1, 0.15) is 11.6 Å². The first kappa shape index (κ1) is 19.4. The van der Waals surface area contributed by atoms with Gasteiger partial charge in [-0.05, 0) is 48.4 Å². The summed E-state index contributed by atoms with van der Waals surface area (Å²) in [5, 5.41) is 0. The maximum absolute atomic E-state index is 13.0. The molecule has 0 fully saturated rings. The minimum Gasteiger partial charge on any atom is -0.497 e. The molecule has 0 bridgehead atoms. The normalized spacial score (nSPS) is 11.0. The Hall–Kier alpha value is -3.92. The molecule has 0 N–H and O–H groups in total. The third-order valence-corrected chi connectivity index (χ3v) is 4.97. The second-order valence-electron chi connectivity index (χ2n) is 6.88. The molecule has 0 radical (unpaired) electrons. The van der Waals surface area contributed by atoms with Crippen molar-refractivity contribution in [3.8, 4) is 22.6 Å². The van der Waals surface area contributed by atoms with Gasteiger partial charge >= 0.3 is 0 Å². The Balaban J connectivity index is 1.87. The van der Waals surface area contributed by atoms with Crippen LogP contribution in [0.4, 0.5) is 0 Å². The van der Waals surface area contributed by atoms with E-state index in [1.165, 1.54) is 0 Å². The molecule has 30 heavy (non-hydrogen) atoms. The predicted molar refractivity (Wildman–Crippen MR) is 122 cm³/mol. The van der Waals surface area contributed by atoms with Gasteiger partial charge in [-0.3, -0.25) is 9.36 Å². The Morgan fingerprint density at radius 2 is 1.47 bits per heavy atom. The number of nitrogens with zero attached hydrogens (tertiary/aromatic N) is 2. The molecule has 0 amide bonds. The lowest BCUT2D eigenvalue weighted by molar-refractivity contribution is 0.415. The number of hydrogen-bond acceptors (Lipinski definition) is 3. The van der Waals surface area contributed by atoms with Crippen LogP contribution < -0.4 is 10.3 Å². The van der Waals surface area contributed by atoms with Gasteiger partial charge in [0.15, 0.2) is 0 Å². The minimum absolute atomic E-state index is 0.236. The van der Waals surface area contributed by atoms with Crippen LogP contribution in [0, 0.1) is 6.92 Å². The second kappa shape index (κ2) is 8.62. The standard InChI is InChI=1S/C26H22N2O2/c1-19-25(21-9-5-3-6-10-21)26(29)27-24(28(19)22-11-7-4-8-12-22)18-15-20-13-16-23(30-2)17-14-20/h3-18H,1-2H3/b18-15+. The fourth-order valence-electron chi connectivity index (χ4n) is 3.49. The lowest BCUT2D eigenvalue weighted by Gasteiger charge is -2.17. The summed E-state index contributed by atoms with van der Waals surface area (Å²) in [6, 6.07) is 27.4. The Kier molecular flexibility index (Phi) is 5.57. The van der Waals surface area contributed by atoms with Crippen LogP contribution in [0.2, 0.25) is 0 Å². The molecular formula is C26H22N2O2. The Morgan fingerprint density at radius 1 is 0.833 bits per heavy atom. The minimum atomic E-state index is -0.236. The number of benzene rings is 3. The van der Waals surface area contributed by atoms with E-state index in [2.05, 4.69) is 4.98 Å². The van der Waals surface area contributed by atoms with Crippen molar-refractivity contribution in [3.63, 3.8) is 0 Å². The van der Waals surface area contributed by atoms with Crippen LogP contribution >= 0.6 is 0 Å². The molecule has 1 aromatic heterocycles. The zero-order valence-corrected chi connectivity index (χ0v) is 16.9. The third kappa shape index (κ3) is 3.94. The summed E-state index contributed by atoms with van der Waals surface area (Å²) in [4.78, 5) is 17.4. The van der Waals surface area contributed by atoms with Crippen molar-refractivity contribution in [2.45, 2.75) is 6.92 Å². The zero-order valence-electron chi connectivity index (χ0n) is 16.9. The van der Waals surface area contributed by atoms with E-state index in [1.54, 1.807) is 7.11 Å². The Morgan fingerprint density at radius 3 is 2.10 bits per heavy atom. The summed E-state index contributed by atoms with van der Waals surface area (Å²) in [6.07, 6.45) is 3.82. The van der Waals surface area contributed by atoms with Crippen LogP contribution in [-0.2, 0) is 0 Å². The van der Waals surface area contributed by atoms with Crippen LogP contribution in [0.25, 0.3) is 29.0 Å². The number of hydrogen-bond donors (Lipinski definition) is 0. The molecule has 0 aliphatic carbocycles. The van der Waals surface area contributed by atoms with Gasteiger partial charge < -0.3 is 4.74 Å². The van der Waals surface area contributed by atoms with E-state index >= 15 is 0 Å². The fourth-order valence-corrected chi connectivity index (χ4v) is 3.49. The molecule has 4 aromatic rings. The number of methoxy groups -OCH3 is 1. The van der Waals surface area contributed by atoms with Gasteiger partial charge in [-0.2, -0.15) is 4.98 Å². The molecule has 4 rings (SSSR count). The molecule has 0 unspecified atom stereocenters. The van der Waals surface area contributed by atoms with Crippen molar-refractivity contribution in [1.82, 2.24) is 9.55 Å². The first-order valence-corrected chi connectivity index (χ1v) is 9.74. The average Bonchev–Trinajstić information content (AvgIpc) is 2.79. The zero-order chi connectivity index (χ0) is 20.9. The van der Waals surface area contributed by atoms with Crippen molar-refractivity contribution < 1.29 is 4.74 Å². The van der Waals surface area contributed by atoms with Gasteiger partial charge in [-0.15, -0.1) is 0 Å². The van der Waals surface area contributed by atoms with E-state index in [9.17, 15) is 4.79 Å². The molecule has 148 valence electrons. The van der Waals surface area contributed by atoms with E-state index in [0.29, 0.717) is 11.4 Å². The predicted octanol–water partition coefficient (Wildman–Crippen LogP) is 5.39. The van der Waals surface area contributed by atoms with Crippen molar-refractivity contribution >= 4 is 12.2 Å². The molecule has 4 heteroatoms. The average molecular weight is 394 g/mol. The molecular weight excluding hydrogens is 372 g/mol. The number of rotatable bonds is 5. The first-order chi connectivity index (χ1) is 14.7. The lowest BCUT2D eigenvalue weighted by atomic mass is 10.1. The molecule has 0 atom stereocenters. The van der Waals surface area contributed by atoms with Crippen molar-refractivity contribution in [3.05, 3.63) is 112 Å². The van der Waals surface area contributed by atoms with E-state index in [0.717, 1.165) is 28.3 Å². The molecule has 0 saturated heterocycles. The summed E-state index contributed by atoms with van der Waals surface area (Å²) in [7, 11) is 1.64. The maximum atomic E-state index is 13.0. The molecule has 0 aliphatic heterocycles.